The van der Waals surface area contributed by atoms with E-state index in [1.54, 1.807) is 5.56 Å². The second kappa shape index (κ2) is 10.9. The maximum absolute atomic E-state index is 12.8. The molecule has 6 rings (SSSR count). The number of hydrogen-bond acceptors (Lipinski definition) is 6. The first kappa shape index (κ1) is 26.3. The van der Waals surface area contributed by atoms with Crippen LogP contribution in [0.15, 0.2) is 47.8 Å². The highest BCUT2D eigenvalue weighted by Gasteiger charge is 2.57. The fraction of sp³-hybridized carbons (Fsp3) is 0.594. The number of aryl methyl sites for hydroxylation is 1. The van der Waals surface area contributed by atoms with Crippen molar-refractivity contribution in [3.63, 3.8) is 0 Å². The predicted molar refractivity (Wildman–Crippen MR) is 156 cm³/mol. The normalized spacial score (nSPS) is 31.4. The van der Waals surface area contributed by atoms with E-state index in [1.807, 2.05) is 12.3 Å². The summed E-state index contributed by atoms with van der Waals surface area (Å²) in [6.45, 7) is 6.46. The summed E-state index contributed by atoms with van der Waals surface area (Å²) in [5, 5.41) is 16.8. The molecule has 208 valence electrons. The summed E-state index contributed by atoms with van der Waals surface area (Å²) >= 11 is 0. The van der Waals surface area contributed by atoms with Crippen LogP contribution in [0.1, 0.15) is 68.9 Å². The standard InChI is InChI=1S/C32H43N5O2/c1-32-15-14-26-25-8-4-3-6-22(25)10-12-27(26)31(32)23(20-28(32)35-39)7-5-9-30(38)34-29-13-11-24(21-33-29)37-18-16-36(2)17-19-37/h3-4,6,8,11,13,21,23,26-27,31,39H,5,7,9-10,12,14-20H2,1-2H3,(H,33,34,38)/b35-28+/t23-,26?,27?,31?,32-/m1/s1. The largest absolute Gasteiger partial charge is 0.411 e. The number of nitrogens with one attached hydrogen (secondary N) is 1. The van der Waals surface area contributed by atoms with Crippen LogP contribution in [-0.2, 0) is 11.2 Å². The second-order valence-electron chi connectivity index (χ2n) is 12.6. The molecule has 5 atom stereocenters. The van der Waals surface area contributed by atoms with E-state index in [0.29, 0.717) is 35.9 Å². The number of fused-ring (bicyclic) bond motifs is 5. The lowest BCUT2D eigenvalue weighted by Gasteiger charge is -2.50. The second-order valence-corrected chi connectivity index (χ2v) is 12.6. The third-order valence-electron chi connectivity index (χ3n) is 10.5. The molecule has 2 heterocycles. The number of amides is 1. The van der Waals surface area contributed by atoms with Gasteiger partial charge in [-0.2, -0.15) is 0 Å². The van der Waals surface area contributed by atoms with Gasteiger partial charge >= 0.3 is 0 Å². The summed E-state index contributed by atoms with van der Waals surface area (Å²) in [5.41, 5.74) is 5.15. The summed E-state index contributed by atoms with van der Waals surface area (Å²) in [7, 11) is 2.15. The van der Waals surface area contributed by atoms with Gasteiger partial charge in [0.15, 0.2) is 0 Å². The minimum absolute atomic E-state index is 0.0232. The van der Waals surface area contributed by atoms with Gasteiger partial charge in [0.1, 0.15) is 5.82 Å². The Labute approximate surface area is 232 Å². The highest BCUT2D eigenvalue weighted by molar-refractivity contribution is 5.92. The maximum Gasteiger partial charge on any atom is 0.225 e. The van der Waals surface area contributed by atoms with E-state index < -0.39 is 0 Å². The van der Waals surface area contributed by atoms with E-state index in [1.165, 1.54) is 18.4 Å². The molecule has 1 amide bonds. The zero-order chi connectivity index (χ0) is 27.0. The average Bonchev–Trinajstić information content (AvgIpc) is 3.25. The van der Waals surface area contributed by atoms with E-state index in [9.17, 15) is 10.0 Å². The molecular weight excluding hydrogens is 486 g/mol. The molecule has 1 aliphatic heterocycles. The van der Waals surface area contributed by atoms with Gasteiger partial charge in [-0.15, -0.1) is 0 Å². The minimum Gasteiger partial charge on any atom is -0.411 e. The van der Waals surface area contributed by atoms with Gasteiger partial charge in [0.25, 0.3) is 0 Å². The van der Waals surface area contributed by atoms with Gasteiger partial charge in [0, 0.05) is 38.0 Å². The number of nitrogens with zero attached hydrogens (tertiary/aromatic N) is 4. The Morgan fingerprint density at radius 1 is 1.15 bits per heavy atom. The fourth-order valence-corrected chi connectivity index (χ4v) is 8.46. The molecule has 1 aromatic carbocycles. The number of benzene rings is 1. The number of oxime groups is 1. The van der Waals surface area contributed by atoms with E-state index in [4.69, 9.17) is 0 Å². The van der Waals surface area contributed by atoms with Crippen LogP contribution in [0.25, 0.3) is 0 Å². The Hall–Kier alpha value is -2.93. The third kappa shape index (κ3) is 5.06. The van der Waals surface area contributed by atoms with Crippen molar-refractivity contribution < 1.29 is 10.0 Å². The number of carbonyl (C=O) groups is 1. The lowest BCUT2D eigenvalue weighted by molar-refractivity contribution is -0.116. The summed E-state index contributed by atoms with van der Waals surface area (Å²) in [4.78, 5) is 22.0. The van der Waals surface area contributed by atoms with Gasteiger partial charge in [0.05, 0.1) is 17.6 Å². The number of rotatable bonds is 6. The number of hydrogen-bond donors (Lipinski definition) is 2. The molecule has 3 fully saturated rings. The van der Waals surface area contributed by atoms with Gasteiger partial charge in [-0.05, 0) is 98.9 Å². The van der Waals surface area contributed by atoms with E-state index in [-0.39, 0.29) is 11.3 Å². The molecule has 3 aliphatic carbocycles. The Morgan fingerprint density at radius 3 is 2.74 bits per heavy atom. The molecule has 0 radical (unpaired) electrons. The van der Waals surface area contributed by atoms with Gasteiger partial charge in [-0.3, -0.25) is 4.79 Å². The molecule has 2 saturated carbocycles. The van der Waals surface area contributed by atoms with E-state index in [2.05, 4.69) is 69.6 Å². The maximum atomic E-state index is 12.8. The number of carbonyl (C=O) groups excluding carboxylic acids is 1. The van der Waals surface area contributed by atoms with E-state index >= 15 is 0 Å². The van der Waals surface area contributed by atoms with Crippen LogP contribution in [0.4, 0.5) is 11.5 Å². The number of likely N-dealkylation sites (N-methyl/N-ethyl adjacent to an activating group) is 1. The van der Waals surface area contributed by atoms with Crippen LogP contribution in [0.5, 0.6) is 0 Å². The number of piperazine rings is 1. The summed E-state index contributed by atoms with van der Waals surface area (Å²) < 4.78 is 0. The van der Waals surface area contributed by atoms with Crippen molar-refractivity contribution in [3.05, 3.63) is 53.7 Å². The topological polar surface area (TPSA) is 81.1 Å². The Bertz CT molecular complexity index is 1210. The summed E-state index contributed by atoms with van der Waals surface area (Å²) in [6, 6.07) is 13.0. The Balaban J connectivity index is 1.06. The molecule has 0 spiro atoms. The van der Waals surface area contributed by atoms with Crippen molar-refractivity contribution in [2.24, 2.45) is 28.3 Å². The first-order valence-electron chi connectivity index (χ1n) is 14.9. The van der Waals surface area contributed by atoms with Crippen LogP contribution in [-0.4, -0.2) is 59.9 Å². The first-order chi connectivity index (χ1) is 19.0. The molecule has 0 bridgehead atoms. The van der Waals surface area contributed by atoms with Crippen molar-refractivity contribution in [3.8, 4) is 0 Å². The number of aromatic nitrogens is 1. The highest BCUT2D eigenvalue weighted by Crippen LogP contribution is 2.62. The molecule has 2 aromatic rings. The monoisotopic (exact) mass is 529 g/mol. The Morgan fingerprint density at radius 2 is 1.97 bits per heavy atom. The zero-order valence-electron chi connectivity index (χ0n) is 23.5. The number of pyridine rings is 1. The third-order valence-corrected chi connectivity index (χ3v) is 10.5. The zero-order valence-corrected chi connectivity index (χ0v) is 23.5. The average molecular weight is 530 g/mol. The Kier molecular flexibility index (Phi) is 7.36. The molecule has 4 aliphatic rings. The quantitative estimate of drug-likeness (QED) is 0.379. The lowest BCUT2D eigenvalue weighted by atomic mass is 9.54. The first-order valence-corrected chi connectivity index (χ1v) is 14.9. The SMILES string of the molecule is CN1CCN(c2ccc(NC(=O)CCC[C@@H]3C/C(=N\O)[C@@]4(C)CCC5c6ccccc6CCC5C34)nc2)CC1. The highest BCUT2D eigenvalue weighted by atomic mass is 16.4. The molecule has 39 heavy (non-hydrogen) atoms. The van der Waals surface area contributed by atoms with Gasteiger partial charge in [0.2, 0.25) is 5.91 Å². The van der Waals surface area contributed by atoms with Crippen LogP contribution in [0, 0.1) is 23.2 Å². The minimum atomic E-state index is -0.0232. The summed E-state index contributed by atoms with van der Waals surface area (Å²) in [6.07, 6.45) is 9.67. The molecule has 2 N–H and O–H groups in total. The van der Waals surface area contributed by atoms with E-state index in [0.717, 1.165) is 69.7 Å². The lowest BCUT2D eigenvalue weighted by Crippen LogP contribution is -2.44. The number of anilines is 2. The van der Waals surface area contributed by atoms with Crippen molar-refractivity contribution in [1.29, 1.82) is 0 Å². The van der Waals surface area contributed by atoms with Crippen LogP contribution in [0.3, 0.4) is 0 Å². The van der Waals surface area contributed by atoms with Crippen molar-refractivity contribution in [2.45, 2.75) is 64.2 Å². The molecule has 7 heteroatoms. The van der Waals surface area contributed by atoms with Crippen LogP contribution < -0.4 is 10.2 Å². The van der Waals surface area contributed by atoms with Crippen molar-refractivity contribution in [1.82, 2.24) is 9.88 Å². The van der Waals surface area contributed by atoms with Crippen LogP contribution in [0.2, 0.25) is 0 Å². The predicted octanol–water partition coefficient (Wildman–Crippen LogP) is 5.55. The van der Waals surface area contributed by atoms with Crippen molar-refractivity contribution >= 4 is 23.1 Å². The summed E-state index contributed by atoms with van der Waals surface area (Å²) in [5.74, 6) is 2.86. The van der Waals surface area contributed by atoms with Gasteiger partial charge in [-0.25, -0.2) is 4.98 Å². The molecule has 7 nitrogen and oxygen atoms in total. The fourth-order valence-electron chi connectivity index (χ4n) is 8.46. The molecule has 3 unspecified atom stereocenters. The van der Waals surface area contributed by atoms with Gasteiger partial charge in [-0.1, -0.05) is 36.3 Å². The molecular formula is C32H43N5O2. The molecule has 1 aromatic heterocycles. The van der Waals surface area contributed by atoms with Gasteiger partial charge < -0.3 is 20.3 Å². The molecule has 1 saturated heterocycles. The van der Waals surface area contributed by atoms with Crippen molar-refractivity contribution in [2.75, 3.05) is 43.4 Å². The van der Waals surface area contributed by atoms with Crippen LogP contribution >= 0.6 is 0 Å². The smallest absolute Gasteiger partial charge is 0.225 e.